The van der Waals surface area contributed by atoms with Crippen molar-refractivity contribution < 1.29 is 0 Å². The molecule has 1 heteroatoms. The lowest BCUT2D eigenvalue weighted by Gasteiger charge is -2.34. The number of rotatable bonds is 3. The monoisotopic (exact) mass is 550 g/mol. The van der Waals surface area contributed by atoms with Gasteiger partial charge in [-0.2, -0.15) is 0 Å². The van der Waals surface area contributed by atoms with Gasteiger partial charge in [0.2, 0.25) is 0 Å². The summed E-state index contributed by atoms with van der Waals surface area (Å²) in [5.41, 5.74) is 12.8. The molecule has 196 valence electrons. The second-order valence-corrected chi connectivity index (χ2v) is 12.3. The average Bonchev–Trinajstić information content (AvgIpc) is 3.36. The van der Waals surface area contributed by atoms with Crippen molar-refractivity contribution in [3.8, 4) is 33.4 Å². The van der Waals surface area contributed by atoms with Gasteiger partial charge in [-0.1, -0.05) is 157 Å². The molecule has 0 unspecified atom stereocenters. The summed E-state index contributed by atoms with van der Waals surface area (Å²) in [6, 6.07) is 58.4. The van der Waals surface area contributed by atoms with Crippen LogP contribution in [-0.4, -0.2) is 0 Å². The Morgan fingerprint density at radius 1 is 0.405 bits per heavy atom. The quantitative estimate of drug-likeness (QED) is 0.211. The zero-order chi connectivity index (χ0) is 27.7. The van der Waals surface area contributed by atoms with Gasteiger partial charge in [-0.3, -0.25) is 0 Å². The van der Waals surface area contributed by atoms with Crippen LogP contribution in [0.2, 0.25) is 0 Å². The maximum absolute atomic E-state index is 2.45. The van der Waals surface area contributed by atoms with Gasteiger partial charge in [0.1, 0.15) is 0 Å². The minimum absolute atomic E-state index is 0.370. The van der Waals surface area contributed by atoms with Crippen molar-refractivity contribution >= 4 is 22.5 Å². The Labute approximate surface area is 250 Å². The fourth-order valence-electron chi connectivity index (χ4n) is 7.41. The van der Waals surface area contributed by atoms with Crippen LogP contribution in [0.4, 0.5) is 0 Å². The van der Waals surface area contributed by atoms with Gasteiger partial charge in [-0.15, -0.1) is 0 Å². The Hall–Kier alpha value is -4.85. The van der Waals surface area contributed by atoms with Crippen LogP contribution in [0, 0.1) is 0 Å². The highest BCUT2D eigenvalue weighted by Gasteiger charge is 2.46. The van der Waals surface area contributed by atoms with Crippen LogP contribution in [-0.2, 0) is 5.41 Å². The van der Waals surface area contributed by atoms with Crippen molar-refractivity contribution in [3.63, 3.8) is 0 Å². The van der Waals surface area contributed by atoms with Crippen LogP contribution in [0.3, 0.4) is 0 Å². The third kappa shape index (κ3) is 3.20. The standard InChI is InChI=1S/C41H26S/c1-3-13-29(14-4-1)41(30-15-5-2-6-16-30)36-20-9-7-17-32(36)35-26-28(23-25-37(35)41)31-24-22-27-12-11-19-34-33-18-8-10-21-38(33)42-40(31)39(27)34/h1-26H. The zero-order valence-corrected chi connectivity index (χ0v) is 23.7. The Bertz CT molecular complexity index is 2120. The maximum Gasteiger partial charge on any atom is 0.0713 e. The first-order valence-electron chi connectivity index (χ1n) is 14.5. The number of benzene rings is 7. The molecule has 0 amide bonds. The molecule has 2 aliphatic rings. The van der Waals surface area contributed by atoms with Gasteiger partial charge >= 0.3 is 0 Å². The first-order valence-corrected chi connectivity index (χ1v) is 15.3. The summed E-state index contributed by atoms with van der Waals surface area (Å²) in [7, 11) is 0. The predicted molar refractivity (Wildman–Crippen MR) is 176 cm³/mol. The average molecular weight is 551 g/mol. The van der Waals surface area contributed by atoms with Gasteiger partial charge in [0.25, 0.3) is 0 Å². The molecule has 7 aromatic rings. The second kappa shape index (κ2) is 9.08. The van der Waals surface area contributed by atoms with Crippen molar-refractivity contribution in [2.75, 3.05) is 0 Å². The molecule has 1 heterocycles. The minimum Gasteiger partial charge on any atom is -0.0881 e. The SMILES string of the molecule is c1ccc(C2(c3ccccc3)c3ccccc3-c3cc(-c4ccc5cccc6c5c4Sc4ccccc4-6)ccc32)cc1. The topological polar surface area (TPSA) is 0 Å². The van der Waals surface area contributed by atoms with E-state index in [9.17, 15) is 0 Å². The number of fused-ring (bicyclic) bond motifs is 5. The van der Waals surface area contributed by atoms with E-state index in [0.29, 0.717) is 0 Å². The molecule has 7 aromatic carbocycles. The van der Waals surface area contributed by atoms with E-state index in [-0.39, 0.29) is 5.41 Å². The van der Waals surface area contributed by atoms with Crippen LogP contribution in [0.25, 0.3) is 44.2 Å². The van der Waals surface area contributed by atoms with E-state index < -0.39 is 0 Å². The molecule has 42 heavy (non-hydrogen) atoms. The highest BCUT2D eigenvalue weighted by molar-refractivity contribution is 8.00. The molecule has 9 rings (SSSR count). The molecule has 0 saturated heterocycles. The summed E-state index contributed by atoms with van der Waals surface area (Å²) in [4.78, 5) is 2.68. The van der Waals surface area contributed by atoms with Gasteiger partial charge < -0.3 is 0 Å². The summed E-state index contributed by atoms with van der Waals surface area (Å²) in [6.07, 6.45) is 0. The predicted octanol–water partition coefficient (Wildman–Crippen LogP) is 11.0. The van der Waals surface area contributed by atoms with Crippen LogP contribution in [0.1, 0.15) is 22.3 Å². The highest BCUT2D eigenvalue weighted by atomic mass is 32.2. The lowest BCUT2D eigenvalue weighted by Crippen LogP contribution is -2.28. The van der Waals surface area contributed by atoms with Crippen molar-refractivity contribution in [3.05, 3.63) is 180 Å². The smallest absolute Gasteiger partial charge is 0.0713 e. The van der Waals surface area contributed by atoms with E-state index in [0.717, 1.165) is 0 Å². The van der Waals surface area contributed by atoms with Crippen molar-refractivity contribution in [1.29, 1.82) is 0 Å². The summed E-state index contributed by atoms with van der Waals surface area (Å²) < 4.78 is 0. The van der Waals surface area contributed by atoms with E-state index in [1.807, 2.05) is 11.8 Å². The molecule has 0 aromatic heterocycles. The summed E-state index contributed by atoms with van der Waals surface area (Å²) in [5.74, 6) is 0. The molecule has 1 aliphatic heterocycles. The van der Waals surface area contributed by atoms with Crippen molar-refractivity contribution in [1.82, 2.24) is 0 Å². The van der Waals surface area contributed by atoms with E-state index in [1.165, 1.54) is 76.2 Å². The number of hydrogen-bond donors (Lipinski definition) is 0. The molecule has 0 saturated carbocycles. The van der Waals surface area contributed by atoms with Gasteiger partial charge in [0.15, 0.2) is 0 Å². The molecule has 0 bridgehead atoms. The molecule has 0 atom stereocenters. The molecule has 0 radical (unpaired) electrons. The molecule has 0 nitrogen and oxygen atoms in total. The molecule has 0 spiro atoms. The van der Waals surface area contributed by atoms with Crippen LogP contribution < -0.4 is 0 Å². The third-order valence-electron chi connectivity index (χ3n) is 9.16. The summed E-state index contributed by atoms with van der Waals surface area (Å²) in [6.45, 7) is 0. The first kappa shape index (κ1) is 23.8. The van der Waals surface area contributed by atoms with E-state index in [4.69, 9.17) is 0 Å². The van der Waals surface area contributed by atoms with Gasteiger partial charge in [0.05, 0.1) is 5.41 Å². The number of hydrogen-bond acceptors (Lipinski definition) is 1. The minimum atomic E-state index is -0.370. The van der Waals surface area contributed by atoms with E-state index >= 15 is 0 Å². The lowest BCUT2D eigenvalue weighted by molar-refractivity contribution is 0.768. The fourth-order valence-corrected chi connectivity index (χ4v) is 8.69. The van der Waals surface area contributed by atoms with E-state index in [2.05, 4.69) is 158 Å². The van der Waals surface area contributed by atoms with Gasteiger partial charge in [0, 0.05) is 15.2 Å². The Morgan fingerprint density at radius 3 is 1.83 bits per heavy atom. The van der Waals surface area contributed by atoms with Gasteiger partial charge in [-0.05, 0) is 73.2 Å². The highest BCUT2D eigenvalue weighted by Crippen LogP contribution is 2.57. The molecular formula is C41H26S. The molecule has 0 fully saturated rings. The Balaban J connectivity index is 1.32. The van der Waals surface area contributed by atoms with E-state index in [1.54, 1.807) is 0 Å². The second-order valence-electron chi connectivity index (χ2n) is 11.2. The maximum atomic E-state index is 2.45. The molecular weight excluding hydrogens is 525 g/mol. The Morgan fingerprint density at radius 2 is 1.05 bits per heavy atom. The third-order valence-corrected chi connectivity index (χ3v) is 10.4. The largest absolute Gasteiger partial charge is 0.0881 e. The summed E-state index contributed by atoms with van der Waals surface area (Å²) >= 11 is 1.91. The van der Waals surface area contributed by atoms with Gasteiger partial charge in [-0.25, -0.2) is 0 Å². The molecule has 1 aliphatic carbocycles. The van der Waals surface area contributed by atoms with Crippen molar-refractivity contribution in [2.45, 2.75) is 15.2 Å². The molecule has 0 N–H and O–H groups in total. The zero-order valence-electron chi connectivity index (χ0n) is 22.9. The normalized spacial score (nSPS) is 13.8. The Kier molecular flexibility index (Phi) is 5.15. The van der Waals surface area contributed by atoms with Crippen LogP contribution >= 0.6 is 11.8 Å². The first-order chi connectivity index (χ1) is 20.8. The fraction of sp³-hybridized carbons (Fsp3) is 0.0244. The summed E-state index contributed by atoms with van der Waals surface area (Å²) in [5, 5.41) is 2.66. The van der Waals surface area contributed by atoms with Crippen LogP contribution in [0.15, 0.2) is 168 Å². The van der Waals surface area contributed by atoms with Crippen LogP contribution in [0.5, 0.6) is 0 Å². The van der Waals surface area contributed by atoms with Crippen molar-refractivity contribution in [2.24, 2.45) is 0 Å². The lowest BCUT2D eigenvalue weighted by atomic mass is 9.67.